The molecule has 3 heteroatoms. The smallest absolute Gasteiger partial charge is 0.231 e. The summed E-state index contributed by atoms with van der Waals surface area (Å²) in [6, 6.07) is 17.9. The van der Waals surface area contributed by atoms with Crippen molar-refractivity contribution in [3.63, 3.8) is 0 Å². The molecule has 1 atom stereocenters. The maximum Gasteiger partial charge on any atom is 0.231 e. The van der Waals surface area contributed by atoms with Crippen molar-refractivity contribution >= 4 is 11.6 Å². The first-order chi connectivity index (χ1) is 10.8. The molecule has 0 bridgehead atoms. The number of rotatable bonds is 7. The SMILES string of the molecule is CCNCc1ccccc1NC(=O)C(CC)c1ccccc1. The van der Waals surface area contributed by atoms with Crippen molar-refractivity contribution in [1.29, 1.82) is 0 Å². The molecule has 2 aromatic rings. The van der Waals surface area contributed by atoms with Gasteiger partial charge in [0.2, 0.25) is 5.91 Å². The van der Waals surface area contributed by atoms with Crippen LogP contribution in [0.4, 0.5) is 5.69 Å². The Morgan fingerprint density at radius 2 is 1.68 bits per heavy atom. The number of amides is 1. The average molecular weight is 296 g/mol. The van der Waals surface area contributed by atoms with Gasteiger partial charge in [0.15, 0.2) is 0 Å². The topological polar surface area (TPSA) is 41.1 Å². The number of carbonyl (C=O) groups is 1. The predicted octanol–water partition coefficient (Wildman–Crippen LogP) is 3.93. The van der Waals surface area contributed by atoms with Crippen LogP contribution in [0.25, 0.3) is 0 Å². The van der Waals surface area contributed by atoms with Gasteiger partial charge in [-0.2, -0.15) is 0 Å². The molecule has 0 saturated heterocycles. The van der Waals surface area contributed by atoms with Crippen LogP contribution in [0.15, 0.2) is 54.6 Å². The van der Waals surface area contributed by atoms with Crippen LogP contribution < -0.4 is 10.6 Å². The normalized spacial score (nSPS) is 11.9. The summed E-state index contributed by atoms with van der Waals surface area (Å²) in [7, 11) is 0. The number of anilines is 1. The van der Waals surface area contributed by atoms with E-state index in [4.69, 9.17) is 0 Å². The molecule has 2 aromatic carbocycles. The van der Waals surface area contributed by atoms with Gasteiger partial charge in [-0.25, -0.2) is 0 Å². The number of benzene rings is 2. The summed E-state index contributed by atoms with van der Waals surface area (Å²) in [5.74, 6) is -0.0639. The van der Waals surface area contributed by atoms with Crippen molar-refractivity contribution < 1.29 is 4.79 Å². The highest BCUT2D eigenvalue weighted by Crippen LogP contribution is 2.23. The fourth-order valence-electron chi connectivity index (χ4n) is 2.53. The number of nitrogens with one attached hydrogen (secondary N) is 2. The Kier molecular flexibility index (Phi) is 6.16. The maximum absolute atomic E-state index is 12.6. The molecule has 0 fully saturated rings. The Bertz CT molecular complexity index is 595. The van der Waals surface area contributed by atoms with E-state index < -0.39 is 0 Å². The Balaban J connectivity index is 2.14. The minimum atomic E-state index is -0.117. The van der Waals surface area contributed by atoms with Gasteiger partial charge in [0.25, 0.3) is 0 Å². The highest BCUT2D eigenvalue weighted by molar-refractivity contribution is 5.96. The molecular weight excluding hydrogens is 272 g/mol. The number of para-hydroxylation sites is 1. The molecule has 1 amide bonds. The van der Waals surface area contributed by atoms with Crippen LogP contribution in [-0.2, 0) is 11.3 Å². The van der Waals surface area contributed by atoms with Gasteiger partial charge in [0.1, 0.15) is 0 Å². The summed E-state index contributed by atoms with van der Waals surface area (Å²) in [5, 5.41) is 6.39. The third kappa shape index (κ3) is 4.18. The zero-order valence-corrected chi connectivity index (χ0v) is 13.3. The highest BCUT2D eigenvalue weighted by atomic mass is 16.1. The van der Waals surface area contributed by atoms with Crippen LogP contribution in [0.3, 0.4) is 0 Å². The lowest BCUT2D eigenvalue weighted by molar-refractivity contribution is -0.117. The van der Waals surface area contributed by atoms with Crippen LogP contribution in [0.1, 0.15) is 37.3 Å². The van der Waals surface area contributed by atoms with Crippen LogP contribution in [0.5, 0.6) is 0 Å². The monoisotopic (exact) mass is 296 g/mol. The van der Waals surface area contributed by atoms with E-state index in [1.807, 2.05) is 61.5 Å². The molecular formula is C19H24N2O. The van der Waals surface area contributed by atoms with Crippen LogP contribution in [0, 0.1) is 0 Å². The fourth-order valence-corrected chi connectivity index (χ4v) is 2.53. The predicted molar refractivity (Wildman–Crippen MR) is 91.9 cm³/mol. The van der Waals surface area contributed by atoms with E-state index in [1.165, 1.54) is 0 Å². The molecule has 2 rings (SSSR count). The maximum atomic E-state index is 12.6. The van der Waals surface area contributed by atoms with Gasteiger partial charge in [-0.15, -0.1) is 0 Å². The molecule has 116 valence electrons. The first kappa shape index (κ1) is 16.2. The Morgan fingerprint density at radius 1 is 1.00 bits per heavy atom. The van der Waals surface area contributed by atoms with E-state index in [0.717, 1.165) is 36.3 Å². The number of hydrogen-bond acceptors (Lipinski definition) is 2. The van der Waals surface area contributed by atoms with Crippen LogP contribution >= 0.6 is 0 Å². The van der Waals surface area contributed by atoms with Crippen molar-refractivity contribution in [2.24, 2.45) is 0 Å². The van der Waals surface area contributed by atoms with E-state index >= 15 is 0 Å². The Hall–Kier alpha value is -2.13. The zero-order valence-electron chi connectivity index (χ0n) is 13.3. The van der Waals surface area contributed by atoms with Crippen LogP contribution in [0.2, 0.25) is 0 Å². The van der Waals surface area contributed by atoms with Gasteiger partial charge >= 0.3 is 0 Å². The molecule has 0 aliphatic heterocycles. The summed E-state index contributed by atoms with van der Waals surface area (Å²) < 4.78 is 0. The van der Waals surface area contributed by atoms with Gasteiger partial charge in [-0.05, 0) is 30.2 Å². The van der Waals surface area contributed by atoms with E-state index in [9.17, 15) is 4.79 Å². The van der Waals surface area contributed by atoms with Gasteiger partial charge in [0, 0.05) is 12.2 Å². The second-order valence-corrected chi connectivity index (χ2v) is 5.30. The summed E-state index contributed by atoms with van der Waals surface area (Å²) in [6.07, 6.45) is 0.783. The van der Waals surface area contributed by atoms with Gasteiger partial charge in [0.05, 0.1) is 5.92 Å². The summed E-state index contributed by atoms with van der Waals surface area (Å²) in [6.45, 7) is 5.78. The molecule has 22 heavy (non-hydrogen) atoms. The molecule has 0 aliphatic carbocycles. The summed E-state index contributed by atoms with van der Waals surface area (Å²) >= 11 is 0. The lowest BCUT2D eigenvalue weighted by atomic mass is 9.95. The molecule has 1 unspecified atom stereocenters. The quantitative estimate of drug-likeness (QED) is 0.813. The minimum Gasteiger partial charge on any atom is -0.325 e. The van der Waals surface area contributed by atoms with Crippen molar-refractivity contribution in [1.82, 2.24) is 5.32 Å². The van der Waals surface area contributed by atoms with Crippen molar-refractivity contribution in [2.45, 2.75) is 32.7 Å². The first-order valence-corrected chi connectivity index (χ1v) is 7.90. The lowest BCUT2D eigenvalue weighted by Gasteiger charge is -2.17. The minimum absolute atomic E-state index is 0.0534. The standard InChI is InChI=1S/C19H24N2O/c1-3-17(15-10-6-5-7-11-15)19(22)21-18-13-9-8-12-16(18)14-20-4-2/h5-13,17,20H,3-4,14H2,1-2H3,(H,21,22). The third-order valence-electron chi connectivity index (χ3n) is 3.77. The van der Waals surface area contributed by atoms with Gasteiger partial charge in [-0.1, -0.05) is 62.4 Å². The molecule has 3 nitrogen and oxygen atoms in total. The molecule has 0 spiro atoms. The van der Waals surface area contributed by atoms with Gasteiger partial charge < -0.3 is 10.6 Å². The number of hydrogen-bond donors (Lipinski definition) is 2. The lowest BCUT2D eigenvalue weighted by Crippen LogP contribution is -2.22. The van der Waals surface area contributed by atoms with E-state index in [2.05, 4.69) is 17.6 Å². The first-order valence-electron chi connectivity index (χ1n) is 7.90. The molecule has 0 saturated carbocycles. The second kappa shape index (κ2) is 8.35. The number of carbonyl (C=O) groups excluding carboxylic acids is 1. The summed E-state index contributed by atoms with van der Waals surface area (Å²) in [5.41, 5.74) is 3.06. The Morgan fingerprint density at radius 3 is 2.36 bits per heavy atom. The van der Waals surface area contributed by atoms with E-state index in [-0.39, 0.29) is 11.8 Å². The average Bonchev–Trinajstić information content (AvgIpc) is 2.56. The van der Waals surface area contributed by atoms with Gasteiger partial charge in [-0.3, -0.25) is 4.79 Å². The molecule has 0 heterocycles. The molecule has 2 N–H and O–H groups in total. The van der Waals surface area contributed by atoms with Crippen molar-refractivity contribution in [2.75, 3.05) is 11.9 Å². The third-order valence-corrected chi connectivity index (χ3v) is 3.77. The second-order valence-electron chi connectivity index (χ2n) is 5.30. The summed E-state index contributed by atoms with van der Waals surface area (Å²) in [4.78, 5) is 12.6. The van der Waals surface area contributed by atoms with Crippen molar-refractivity contribution in [3.8, 4) is 0 Å². The van der Waals surface area contributed by atoms with Crippen molar-refractivity contribution in [3.05, 3.63) is 65.7 Å². The van der Waals surface area contributed by atoms with Crippen LogP contribution in [-0.4, -0.2) is 12.5 Å². The molecule has 0 radical (unpaired) electrons. The highest BCUT2D eigenvalue weighted by Gasteiger charge is 2.19. The van der Waals surface area contributed by atoms with E-state index in [0.29, 0.717) is 0 Å². The fraction of sp³-hybridized carbons (Fsp3) is 0.316. The molecule has 0 aromatic heterocycles. The largest absolute Gasteiger partial charge is 0.325 e. The molecule has 0 aliphatic rings. The zero-order chi connectivity index (χ0) is 15.8. The van der Waals surface area contributed by atoms with E-state index in [1.54, 1.807) is 0 Å². The Labute approximate surface area is 132 Å².